The van der Waals surface area contributed by atoms with Crippen LogP contribution < -0.4 is 16.4 Å². The Hall–Kier alpha value is -1.30. The van der Waals surface area contributed by atoms with Gasteiger partial charge >= 0.3 is 0 Å². The van der Waals surface area contributed by atoms with Gasteiger partial charge in [-0.15, -0.1) is 0 Å². The van der Waals surface area contributed by atoms with Gasteiger partial charge in [-0.3, -0.25) is 4.79 Å². The molecule has 2 rings (SSSR count). The molecule has 82 valence electrons. The number of nitrogen functional groups attached to an aromatic ring is 1. The molecule has 1 fully saturated rings. The van der Waals surface area contributed by atoms with Crippen LogP contribution in [0.1, 0.15) is 28.9 Å². The Morgan fingerprint density at radius 1 is 1.60 bits per heavy atom. The number of thiazole rings is 1. The van der Waals surface area contributed by atoms with Crippen LogP contribution in [0.2, 0.25) is 0 Å². The van der Waals surface area contributed by atoms with Gasteiger partial charge in [0, 0.05) is 13.1 Å². The van der Waals surface area contributed by atoms with Crippen LogP contribution in [0.3, 0.4) is 0 Å². The Labute approximate surface area is 92.1 Å². The molecule has 0 unspecified atom stereocenters. The fourth-order valence-corrected chi connectivity index (χ4v) is 2.31. The van der Waals surface area contributed by atoms with Crippen molar-refractivity contribution in [3.05, 3.63) is 4.88 Å². The Kier molecular flexibility index (Phi) is 2.77. The molecule has 5 nitrogen and oxygen atoms in total. The minimum absolute atomic E-state index is 0.174. The Morgan fingerprint density at radius 2 is 2.33 bits per heavy atom. The number of nitrogens with two attached hydrogens (primary N) is 1. The molecule has 1 aromatic rings. The van der Waals surface area contributed by atoms with Gasteiger partial charge in [-0.05, 0) is 19.3 Å². The van der Waals surface area contributed by atoms with E-state index in [4.69, 9.17) is 5.73 Å². The molecule has 1 aliphatic carbocycles. The first kappa shape index (κ1) is 10.2. The van der Waals surface area contributed by atoms with Crippen molar-refractivity contribution in [2.24, 2.45) is 0 Å². The van der Waals surface area contributed by atoms with Crippen molar-refractivity contribution in [1.82, 2.24) is 10.3 Å². The van der Waals surface area contributed by atoms with Crippen molar-refractivity contribution >= 4 is 28.2 Å². The fraction of sp³-hybridized carbons (Fsp3) is 0.556. The van der Waals surface area contributed by atoms with Gasteiger partial charge in [-0.1, -0.05) is 11.3 Å². The van der Waals surface area contributed by atoms with E-state index in [2.05, 4.69) is 15.6 Å². The molecule has 0 bridgehead atoms. The first-order valence-electron chi connectivity index (χ1n) is 4.95. The summed E-state index contributed by atoms with van der Waals surface area (Å²) in [6.45, 7) is 0. The first-order valence-corrected chi connectivity index (χ1v) is 5.77. The van der Waals surface area contributed by atoms with Gasteiger partial charge in [0.1, 0.15) is 10.7 Å². The van der Waals surface area contributed by atoms with Gasteiger partial charge in [0.2, 0.25) is 0 Å². The average Bonchev–Trinajstić information content (AvgIpc) is 2.52. The highest BCUT2D eigenvalue weighted by molar-refractivity contribution is 7.18. The van der Waals surface area contributed by atoms with Crippen molar-refractivity contribution in [3.63, 3.8) is 0 Å². The Balaban J connectivity index is 2.09. The number of nitrogens with one attached hydrogen (secondary N) is 2. The predicted octanol–water partition coefficient (Wildman–Crippen LogP) is 1.05. The smallest absolute Gasteiger partial charge is 0.265 e. The zero-order valence-corrected chi connectivity index (χ0v) is 9.36. The number of anilines is 2. The molecule has 0 radical (unpaired) electrons. The summed E-state index contributed by atoms with van der Waals surface area (Å²) in [4.78, 5) is 16.0. The SMILES string of the molecule is CNC(=O)c1sc(NC2CCC2)nc1N. The maximum absolute atomic E-state index is 11.4. The van der Waals surface area contributed by atoms with Crippen LogP contribution in [-0.4, -0.2) is 24.0 Å². The summed E-state index contributed by atoms with van der Waals surface area (Å²) in [7, 11) is 1.58. The van der Waals surface area contributed by atoms with Crippen molar-refractivity contribution < 1.29 is 4.79 Å². The minimum Gasteiger partial charge on any atom is -0.382 e. The first-order chi connectivity index (χ1) is 7.20. The molecule has 0 spiro atoms. The fourth-order valence-electron chi connectivity index (χ4n) is 1.40. The second kappa shape index (κ2) is 4.06. The highest BCUT2D eigenvalue weighted by atomic mass is 32.1. The highest BCUT2D eigenvalue weighted by Gasteiger charge is 2.20. The van der Waals surface area contributed by atoms with Crippen LogP contribution in [0.15, 0.2) is 0 Å². The maximum Gasteiger partial charge on any atom is 0.265 e. The van der Waals surface area contributed by atoms with Crippen LogP contribution >= 0.6 is 11.3 Å². The summed E-state index contributed by atoms with van der Waals surface area (Å²) in [6, 6.07) is 0.507. The quantitative estimate of drug-likeness (QED) is 0.719. The monoisotopic (exact) mass is 226 g/mol. The van der Waals surface area contributed by atoms with Crippen LogP contribution in [-0.2, 0) is 0 Å². The topological polar surface area (TPSA) is 80.0 Å². The predicted molar refractivity (Wildman–Crippen MR) is 61.2 cm³/mol. The molecule has 0 saturated heterocycles. The average molecular weight is 226 g/mol. The van der Waals surface area contributed by atoms with E-state index in [1.807, 2.05) is 0 Å². The number of amides is 1. The molecule has 1 aromatic heterocycles. The number of aromatic nitrogens is 1. The van der Waals surface area contributed by atoms with Crippen LogP contribution in [0.5, 0.6) is 0 Å². The van der Waals surface area contributed by atoms with E-state index in [0.29, 0.717) is 16.7 Å². The third kappa shape index (κ3) is 2.04. The molecule has 1 aliphatic rings. The summed E-state index contributed by atoms with van der Waals surface area (Å²) >= 11 is 1.31. The number of hydrogen-bond donors (Lipinski definition) is 3. The molecule has 6 heteroatoms. The second-order valence-corrected chi connectivity index (χ2v) is 4.58. The van der Waals surface area contributed by atoms with Crippen LogP contribution in [0, 0.1) is 0 Å². The minimum atomic E-state index is -0.174. The van der Waals surface area contributed by atoms with Crippen molar-refractivity contribution in [2.75, 3.05) is 18.1 Å². The molecule has 0 aromatic carbocycles. The number of rotatable bonds is 3. The Morgan fingerprint density at radius 3 is 2.87 bits per heavy atom. The van der Waals surface area contributed by atoms with Gasteiger partial charge < -0.3 is 16.4 Å². The number of carbonyl (C=O) groups excluding carboxylic acids is 1. The van der Waals surface area contributed by atoms with E-state index in [-0.39, 0.29) is 5.91 Å². The second-order valence-electron chi connectivity index (χ2n) is 3.58. The summed E-state index contributed by atoms with van der Waals surface area (Å²) in [5, 5.41) is 6.55. The van der Waals surface area contributed by atoms with E-state index < -0.39 is 0 Å². The third-order valence-electron chi connectivity index (χ3n) is 2.52. The van der Waals surface area contributed by atoms with Crippen LogP contribution in [0.25, 0.3) is 0 Å². The van der Waals surface area contributed by atoms with Gasteiger partial charge in [-0.2, -0.15) is 0 Å². The molecule has 0 atom stereocenters. The zero-order valence-electron chi connectivity index (χ0n) is 8.54. The summed E-state index contributed by atoms with van der Waals surface area (Å²) < 4.78 is 0. The number of hydrogen-bond acceptors (Lipinski definition) is 5. The van der Waals surface area contributed by atoms with Gasteiger partial charge in [-0.25, -0.2) is 4.98 Å². The normalized spacial score (nSPS) is 15.8. The summed E-state index contributed by atoms with van der Waals surface area (Å²) in [5.74, 6) is 0.132. The molecule has 0 aliphatic heterocycles. The summed E-state index contributed by atoms with van der Waals surface area (Å²) in [6.07, 6.45) is 3.62. The van der Waals surface area contributed by atoms with Crippen molar-refractivity contribution in [3.8, 4) is 0 Å². The van der Waals surface area contributed by atoms with Gasteiger partial charge in [0.15, 0.2) is 5.13 Å². The van der Waals surface area contributed by atoms with E-state index in [0.717, 1.165) is 5.13 Å². The molecular formula is C9H14N4OS. The van der Waals surface area contributed by atoms with E-state index in [1.54, 1.807) is 7.05 Å². The summed E-state index contributed by atoms with van der Waals surface area (Å²) in [5.41, 5.74) is 5.65. The lowest BCUT2D eigenvalue weighted by atomic mass is 9.93. The third-order valence-corrected chi connectivity index (χ3v) is 3.52. The number of carbonyl (C=O) groups is 1. The van der Waals surface area contributed by atoms with E-state index >= 15 is 0 Å². The molecule has 1 saturated carbocycles. The van der Waals surface area contributed by atoms with Gasteiger partial charge in [0.05, 0.1) is 0 Å². The lowest BCUT2D eigenvalue weighted by Gasteiger charge is -2.25. The van der Waals surface area contributed by atoms with E-state index in [9.17, 15) is 4.79 Å². The van der Waals surface area contributed by atoms with Crippen molar-refractivity contribution in [2.45, 2.75) is 25.3 Å². The lowest BCUT2D eigenvalue weighted by Crippen LogP contribution is -2.26. The van der Waals surface area contributed by atoms with Crippen LogP contribution in [0.4, 0.5) is 10.9 Å². The van der Waals surface area contributed by atoms with Crippen molar-refractivity contribution in [1.29, 1.82) is 0 Å². The maximum atomic E-state index is 11.4. The highest BCUT2D eigenvalue weighted by Crippen LogP contribution is 2.29. The van der Waals surface area contributed by atoms with Gasteiger partial charge in [0.25, 0.3) is 5.91 Å². The largest absolute Gasteiger partial charge is 0.382 e. The Bertz CT molecular complexity index is 372. The molecule has 1 heterocycles. The lowest BCUT2D eigenvalue weighted by molar-refractivity contribution is 0.0968. The zero-order chi connectivity index (χ0) is 10.8. The molecule has 15 heavy (non-hydrogen) atoms. The van der Waals surface area contributed by atoms with E-state index in [1.165, 1.54) is 30.6 Å². The molecular weight excluding hydrogens is 212 g/mol. The molecule has 4 N–H and O–H groups in total. The molecule has 1 amide bonds. The standard InChI is InChI=1S/C9H14N4OS/c1-11-8(14)6-7(10)13-9(15-6)12-5-3-2-4-5/h5H,2-4,10H2,1H3,(H,11,14)(H,12,13). The number of nitrogens with zero attached hydrogens (tertiary/aromatic N) is 1.